The van der Waals surface area contributed by atoms with Gasteiger partial charge in [0.25, 0.3) is 0 Å². The third-order valence-corrected chi connectivity index (χ3v) is 1.91. The lowest BCUT2D eigenvalue weighted by molar-refractivity contribution is -0.0197. The predicted molar refractivity (Wildman–Crippen MR) is 52.1 cm³/mol. The fourth-order valence-electron chi connectivity index (χ4n) is 1.14. The molecule has 0 aliphatic heterocycles. The molecular formula is C10H12O5. The van der Waals surface area contributed by atoms with Crippen molar-refractivity contribution in [3.05, 3.63) is 23.8 Å². The highest BCUT2D eigenvalue weighted by Crippen LogP contribution is 2.25. The standard InChI is InChI=1S/C10H12O5/c1-14-6-3-4-7(8(5-6)15-2)9(11)10(12)13/h3-5,10,12-13H,1-2H3. The summed E-state index contributed by atoms with van der Waals surface area (Å²) in [6.45, 7) is 0. The van der Waals surface area contributed by atoms with Crippen molar-refractivity contribution in [2.75, 3.05) is 14.2 Å². The predicted octanol–water partition coefficient (Wildman–Crippen LogP) is 0.197. The van der Waals surface area contributed by atoms with Crippen LogP contribution in [0.2, 0.25) is 0 Å². The Kier molecular flexibility index (Phi) is 3.65. The van der Waals surface area contributed by atoms with Crippen molar-refractivity contribution >= 4 is 5.78 Å². The second-order valence-corrected chi connectivity index (χ2v) is 2.80. The highest BCUT2D eigenvalue weighted by atomic mass is 16.5. The molecule has 0 fully saturated rings. The number of carbonyl (C=O) groups excluding carboxylic acids is 1. The van der Waals surface area contributed by atoms with Crippen molar-refractivity contribution in [2.24, 2.45) is 0 Å². The van der Waals surface area contributed by atoms with Gasteiger partial charge < -0.3 is 19.7 Å². The number of ketones is 1. The summed E-state index contributed by atoms with van der Waals surface area (Å²) in [5, 5.41) is 17.5. The van der Waals surface area contributed by atoms with Crippen LogP contribution in [0.3, 0.4) is 0 Å². The summed E-state index contributed by atoms with van der Waals surface area (Å²) >= 11 is 0. The summed E-state index contributed by atoms with van der Waals surface area (Å²) in [5.74, 6) is -0.0437. The summed E-state index contributed by atoms with van der Waals surface area (Å²) in [4.78, 5) is 11.3. The highest BCUT2D eigenvalue weighted by molar-refractivity contribution is 6.00. The van der Waals surface area contributed by atoms with Gasteiger partial charge in [0.15, 0.2) is 0 Å². The molecule has 15 heavy (non-hydrogen) atoms. The van der Waals surface area contributed by atoms with E-state index in [9.17, 15) is 4.79 Å². The molecule has 2 N–H and O–H groups in total. The Hall–Kier alpha value is -1.59. The minimum atomic E-state index is -2.03. The van der Waals surface area contributed by atoms with Gasteiger partial charge in [0.1, 0.15) is 11.5 Å². The first-order valence-corrected chi connectivity index (χ1v) is 4.22. The van der Waals surface area contributed by atoms with Gasteiger partial charge in [-0.15, -0.1) is 0 Å². The van der Waals surface area contributed by atoms with Gasteiger partial charge >= 0.3 is 0 Å². The largest absolute Gasteiger partial charge is 0.497 e. The molecule has 82 valence electrons. The average molecular weight is 212 g/mol. The molecule has 5 heteroatoms. The zero-order chi connectivity index (χ0) is 11.4. The van der Waals surface area contributed by atoms with E-state index in [1.165, 1.54) is 32.4 Å². The Bertz CT molecular complexity index is 359. The van der Waals surface area contributed by atoms with Crippen LogP contribution in [0.4, 0.5) is 0 Å². The molecule has 0 saturated heterocycles. The molecule has 1 aromatic rings. The first-order valence-electron chi connectivity index (χ1n) is 4.22. The van der Waals surface area contributed by atoms with E-state index in [1.54, 1.807) is 0 Å². The molecule has 0 saturated carbocycles. The van der Waals surface area contributed by atoms with Gasteiger partial charge in [-0.05, 0) is 12.1 Å². The van der Waals surface area contributed by atoms with Crippen LogP contribution in [0.15, 0.2) is 18.2 Å². The Morgan fingerprint density at radius 1 is 1.27 bits per heavy atom. The molecule has 0 unspecified atom stereocenters. The number of ether oxygens (including phenoxy) is 2. The molecule has 0 radical (unpaired) electrons. The molecule has 5 nitrogen and oxygen atoms in total. The minimum absolute atomic E-state index is 0.105. The van der Waals surface area contributed by atoms with E-state index in [4.69, 9.17) is 19.7 Å². The zero-order valence-corrected chi connectivity index (χ0v) is 8.43. The monoisotopic (exact) mass is 212 g/mol. The number of benzene rings is 1. The Balaban J connectivity index is 3.13. The third-order valence-electron chi connectivity index (χ3n) is 1.91. The van der Waals surface area contributed by atoms with E-state index in [1.807, 2.05) is 0 Å². The molecule has 1 aromatic carbocycles. The van der Waals surface area contributed by atoms with Crippen LogP contribution >= 0.6 is 0 Å². The number of Topliss-reactive ketones (excluding diaryl/α,β-unsaturated/α-hetero) is 1. The smallest absolute Gasteiger partial charge is 0.222 e. The minimum Gasteiger partial charge on any atom is -0.497 e. The number of hydrogen-bond acceptors (Lipinski definition) is 5. The van der Waals surface area contributed by atoms with Crippen LogP contribution in [0.25, 0.3) is 0 Å². The van der Waals surface area contributed by atoms with Crippen LogP contribution in [0.1, 0.15) is 10.4 Å². The number of aliphatic hydroxyl groups is 2. The second kappa shape index (κ2) is 4.77. The van der Waals surface area contributed by atoms with Crippen LogP contribution in [-0.4, -0.2) is 36.5 Å². The van der Waals surface area contributed by atoms with Gasteiger partial charge in [-0.2, -0.15) is 0 Å². The molecule has 0 bridgehead atoms. The molecule has 0 aromatic heterocycles. The van der Waals surface area contributed by atoms with E-state index < -0.39 is 12.1 Å². The van der Waals surface area contributed by atoms with E-state index >= 15 is 0 Å². The van der Waals surface area contributed by atoms with E-state index in [0.717, 1.165) is 0 Å². The lowest BCUT2D eigenvalue weighted by Gasteiger charge is -2.10. The quantitative estimate of drug-likeness (QED) is 0.550. The third kappa shape index (κ3) is 2.45. The maximum absolute atomic E-state index is 11.3. The van der Waals surface area contributed by atoms with Gasteiger partial charge in [-0.25, -0.2) is 0 Å². The maximum atomic E-state index is 11.3. The summed E-state index contributed by atoms with van der Waals surface area (Å²) in [7, 11) is 2.87. The highest BCUT2D eigenvalue weighted by Gasteiger charge is 2.18. The van der Waals surface area contributed by atoms with Crippen LogP contribution in [0, 0.1) is 0 Å². The zero-order valence-electron chi connectivity index (χ0n) is 8.43. The fourth-order valence-corrected chi connectivity index (χ4v) is 1.14. The molecule has 0 amide bonds. The van der Waals surface area contributed by atoms with Crippen molar-refractivity contribution in [3.63, 3.8) is 0 Å². The Labute approximate surface area is 86.9 Å². The normalized spacial score (nSPS) is 10.2. The van der Waals surface area contributed by atoms with E-state index in [2.05, 4.69) is 0 Å². The number of methoxy groups -OCH3 is 2. The number of hydrogen-bond donors (Lipinski definition) is 2. The van der Waals surface area contributed by atoms with Gasteiger partial charge in [0.05, 0.1) is 19.8 Å². The summed E-state index contributed by atoms with van der Waals surface area (Å²) in [6, 6.07) is 4.45. The van der Waals surface area contributed by atoms with Gasteiger partial charge in [0.2, 0.25) is 12.1 Å². The first kappa shape index (κ1) is 11.5. The first-order chi connectivity index (χ1) is 7.10. The van der Waals surface area contributed by atoms with Crippen molar-refractivity contribution in [1.29, 1.82) is 0 Å². The lowest BCUT2D eigenvalue weighted by Crippen LogP contribution is -2.19. The van der Waals surface area contributed by atoms with Crippen molar-refractivity contribution in [3.8, 4) is 11.5 Å². The molecule has 0 atom stereocenters. The summed E-state index contributed by atoms with van der Waals surface area (Å²) in [6.07, 6.45) is -2.03. The molecule has 1 rings (SSSR count). The van der Waals surface area contributed by atoms with E-state index in [-0.39, 0.29) is 11.3 Å². The molecular weight excluding hydrogens is 200 g/mol. The van der Waals surface area contributed by atoms with Crippen LogP contribution < -0.4 is 9.47 Å². The van der Waals surface area contributed by atoms with Gasteiger partial charge in [-0.1, -0.05) is 0 Å². The number of aliphatic hydroxyl groups excluding tert-OH is 1. The SMILES string of the molecule is COc1ccc(C(=O)C(O)O)c(OC)c1. The number of rotatable bonds is 4. The summed E-state index contributed by atoms with van der Waals surface area (Å²) < 4.78 is 9.87. The van der Waals surface area contributed by atoms with Gasteiger partial charge in [-0.3, -0.25) is 4.79 Å². The van der Waals surface area contributed by atoms with Crippen molar-refractivity contribution < 1.29 is 24.5 Å². The average Bonchev–Trinajstić information content (AvgIpc) is 2.27. The lowest BCUT2D eigenvalue weighted by atomic mass is 10.1. The van der Waals surface area contributed by atoms with Crippen LogP contribution in [0.5, 0.6) is 11.5 Å². The van der Waals surface area contributed by atoms with E-state index in [0.29, 0.717) is 5.75 Å². The van der Waals surface area contributed by atoms with Crippen molar-refractivity contribution in [1.82, 2.24) is 0 Å². The maximum Gasteiger partial charge on any atom is 0.222 e. The topological polar surface area (TPSA) is 76.0 Å². The van der Waals surface area contributed by atoms with Crippen molar-refractivity contribution in [2.45, 2.75) is 6.29 Å². The van der Waals surface area contributed by atoms with Gasteiger partial charge in [0, 0.05) is 6.07 Å². The van der Waals surface area contributed by atoms with Crippen LogP contribution in [-0.2, 0) is 0 Å². The Morgan fingerprint density at radius 2 is 1.93 bits per heavy atom. The molecule has 0 aliphatic rings. The number of carbonyl (C=O) groups is 1. The Morgan fingerprint density at radius 3 is 2.40 bits per heavy atom. The fraction of sp³-hybridized carbons (Fsp3) is 0.300. The second-order valence-electron chi connectivity index (χ2n) is 2.80. The molecule has 0 heterocycles. The summed E-state index contributed by atoms with van der Waals surface area (Å²) in [5.41, 5.74) is 0.105. The molecule has 0 spiro atoms. The molecule has 0 aliphatic carbocycles.